The molecule has 0 radical (unpaired) electrons. The molecule has 0 bridgehead atoms. The number of fused-ring (bicyclic) bond motifs is 1. The van der Waals surface area contributed by atoms with Crippen molar-refractivity contribution in [3.63, 3.8) is 0 Å². The van der Waals surface area contributed by atoms with Gasteiger partial charge in [-0.1, -0.05) is 19.1 Å². The maximum Gasteiger partial charge on any atom is 0.259 e. The van der Waals surface area contributed by atoms with Gasteiger partial charge in [0.25, 0.3) is 5.91 Å². The molecule has 1 aromatic heterocycles. The third-order valence-electron chi connectivity index (χ3n) is 6.70. The van der Waals surface area contributed by atoms with Crippen molar-refractivity contribution in [1.82, 2.24) is 14.8 Å². The first kappa shape index (κ1) is 24.0. The SMILES string of the molecule is COc1ccc(-c2cnc3c(c2)C(=O)N([C@H](C)CO)C[C@H](C)[C@@H](CN(C)C(=O)C2CC2)O3)cc1. The first-order chi connectivity index (χ1) is 16.3. The van der Waals surface area contributed by atoms with Crippen LogP contribution in [0.25, 0.3) is 11.1 Å². The summed E-state index contributed by atoms with van der Waals surface area (Å²) in [5, 5.41) is 9.83. The van der Waals surface area contributed by atoms with Crippen LogP contribution < -0.4 is 9.47 Å². The van der Waals surface area contributed by atoms with Crippen LogP contribution in [-0.2, 0) is 4.79 Å². The summed E-state index contributed by atoms with van der Waals surface area (Å²) in [6.45, 7) is 4.49. The fourth-order valence-electron chi connectivity index (χ4n) is 4.26. The highest BCUT2D eigenvalue weighted by Gasteiger charge is 2.37. The van der Waals surface area contributed by atoms with Gasteiger partial charge in [0.1, 0.15) is 17.4 Å². The van der Waals surface area contributed by atoms with Crippen LogP contribution >= 0.6 is 0 Å². The lowest BCUT2D eigenvalue weighted by Gasteiger charge is -2.37. The Morgan fingerprint density at radius 1 is 1.29 bits per heavy atom. The molecule has 34 heavy (non-hydrogen) atoms. The van der Waals surface area contributed by atoms with E-state index in [-0.39, 0.29) is 48.3 Å². The van der Waals surface area contributed by atoms with Crippen molar-refractivity contribution in [3.8, 4) is 22.8 Å². The van der Waals surface area contributed by atoms with E-state index in [9.17, 15) is 14.7 Å². The Hall–Kier alpha value is -3.13. The van der Waals surface area contributed by atoms with Crippen LogP contribution in [0.2, 0.25) is 0 Å². The van der Waals surface area contributed by atoms with Crippen molar-refractivity contribution < 1.29 is 24.2 Å². The topological polar surface area (TPSA) is 92.2 Å². The predicted octanol–water partition coefficient (Wildman–Crippen LogP) is 2.85. The fraction of sp³-hybridized carbons (Fsp3) is 0.500. The summed E-state index contributed by atoms with van der Waals surface area (Å²) in [4.78, 5) is 34.1. The molecule has 2 aliphatic rings. The summed E-state index contributed by atoms with van der Waals surface area (Å²) >= 11 is 0. The average Bonchev–Trinajstić information content (AvgIpc) is 3.70. The monoisotopic (exact) mass is 467 g/mol. The molecule has 1 aliphatic heterocycles. The number of aliphatic hydroxyl groups is 1. The van der Waals surface area contributed by atoms with E-state index in [1.807, 2.05) is 38.1 Å². The third kappa shape index (κ3) is 5.01. The van der Waals surface area contributed by atoms with Crippen LogP contribution in [-0.4, -0.2) is 77.7 Å². The molecule has 8 nitrogen and oxygen atoms in total. The molecule has 1 aromatic carbocycles. The number of rotatable bonds is 7. The maximum absolute atomic E-state index is 13.6. The highest BCUT2D eigenvalue weighted by atomic mass is 16.5. The lowest BCUT2D eigenvalue weighted by molar-refractivity contribution is -0.132. The zero-order chi connectivity index (χ0) is 24.4. The van der Waals surface area contributed by atoms with Crippen LogP contribution in [0.15, 0.2) is 36.5 Å². The number of hydrogen-bond donors (Lipinski definition) is 1. The van der Waals surface area contributed by atoms with Gasteiger partial charge in [-0.2, -0.15) is 0 Å². The highest BCUT2D eigenvalue weighted by molar-refractivity contribution is 5.98. The molecule has 8 heteroatoms. The predicted molar refractivity (Wildman–Crippen MR) is 128 cm³/mol. The summed E-state index contributed by atoms with van der Waals surface area (Å²) in [5.41, 5.74) is 2.02. The smallest absolute Gasteiger partial charge is 0.259 e. The van der Waals surface area contributed by atoms with E-state index in [1.165, 1.54) is 0 Å². The molecule has 2 amide bonds. The average molecular weight is 468 g/mol. The minimum atomic E-state index is -0.364. The number of amides is 2. The summed E-state index contributed by atoms with van der Waals surface area (Å²) < 4.78 is 11.5. The van der Waals surface area contributed by atoms with Gasteiger partial charge in [-0.3, -0.25) is 9.59 Å². The van der Waals surface area contributed by atoms with Gasteiger partial charge in [0.2, 0.25) is 11.8 Å². The van der Waals surface area contributed by atoms with Crippen LogP contribution in [0.3, 0.4) is 0 Å². The first-order valence-electron chi connectivity index (χ1n) is 11.8. The second-order valence-electron chi connectivity index (χ2n) is 9.42. The molecule has 0 unspecified atom stereocenters. The molecule has 1 N–H and O–H groups in total. The van der Waals surface area contributed by atoms with E-state index in [4.69, 9.17) is 9.47 Å². The van der Waals surface area contributed by atoms with Crippen LogP contribution in [0.4, 0.5) is 0 Å². The Balaban J connectivity index is 1.68. The molecule has 2 aromatic rings. The van der Waals surface area contributed by atoms with Crippen molar-refractivity contribution in [2.45, 2.75) is 38.8 Å². The van der Waals surface area contributed by atoms with E-state index in [1.54, 1.807) is 36.2 Å². The van der Waals surface area contributed by atoms with Gasteiger partial charge in [0, 0.05) is 37.2 Å². The zero-order valence-corrected chi connectivity index (χ0v) is 20.2. The van der Waals surface area contributed by atoms with Crippen LogP contribution in [0.5, 0.6) is 11.6 Å². The van der Waals surface area contributed by atoms with Crippen molar-refractivity contribution in [2.75, 3.05) is 33.9 Å². The van der Waals surface area contributed by atoms with E-state index in [2.05, 4.69) is 4.98 Å². The minimum absolute atomic E-state index is 0.0661. The maximum atomic E-state index is 13.6. The molecular formula is C26H33N3O5. The standard InChI is InChI=1S/C26H33N3O5/c1-16-13-29(17(2)15-30)26(32)22-11-20(18-7-9-21(33-4)10-8-18)12-27-24(22)34-23(16)14-28(3)25(31)19-5-6-19/h7-12,16-17,19,23,30H,5-6,13-15H2,1-4H3/t16-,17+,23+/m0/s1. The fourth-order valence-corrected chi connectivity index (χ4v) is 4.26. The number of nitrogens with zero attached hydrogens (tertiary/aromatic N) is 3. The number of pyridine rings is 1. The van der Waals surface area contributed by atoms with Gasteiger partial charge in [-0.15, -0.1) is 0 Å². The molecule has 182 valence electrons. The first-order valence-corrected chi connectivity index (χ1v) is 11.8. The summed E-state index contributed by atoms with van der Waals surface area (Å²) in [6, 6.07) is 8.96. The number of aliphatic hydroxyl groups excluding tert-OH is 1. The molecule has 1 saturated carbocycles. The third-order valence-corrected chi connectivity index (χ3v) is 6.70. The number of hydrogen-bond acceptors (Lipinski definition) is 6. The van der Waals surface area contributed by atoms with Gasteiger partial charge in [-0.25, -0.2) is 4.98 Å². The normalized spacial score (nSPS) is 21.1. The summed E-state index contributed by atoms with van der Waals surface area (Å²) in [5.74, 6) is 0.959. The molecule has 4 rings (SSSR count). The Morgan fingerprint density at radius 2 is 2.00 bits per heavy atom. The van der Waals surface area contributed by atoms with Crippen molar-refractivity contribution in [1.29, 1.82) is 0 Å². The highest BCUT2D eigenvalue weighted by Crippen LogP contribution is 2.33. The Morgan fingerprint density at radius 3 is 2.62 bits per heavy atom. The summed E-state index contributed by atoms with van der Waals surface area (Å²) in [7, 11) is 3.41. The van der Waals surface area contributed by atoms with Crippen LogP contribution in [0.1, 0.15) is 37.0 Å². The molecule has 0 spiro atoms. The summed E-state index contributed by atoms with van der Waals surface area (Å²) in [6.07, 6.45) is 3.24. The molecule has 2 heterocycles. The van der Waals surface area contributed by atoms with Gasteiger partial charge < -0.3 is 24.4 Å². The lowest BCUT2D eigenvalue weighted by Crippen LogP contribution is -2.50. The number of ether oxygens (including phenoxy) is 2. The van der Waals surface area contributed by atoms with Crippen molar-refractivity contribution in [2.24, 2.45) is 11.8 Å². The van der Waals surface area contributed by atoms with Gasteiger partial charge in [0.05, 0.1) is 26.3 Å². The molecule has 1 fully saturated rings. The van der Waals surface area contributed by atoms with Gasteiger partial charge in [0.15, 0.2) is 0 Å². The minimum Gasteiger partial charge on any atom is -0.497 e. The Bertz CT molecular complexity index is 1040. The van der Waals surface area contributed by atoms with E-state index < -0.39 is 0 Å². The van der Waals surface area contributed by atoms with Crippen molar-refractivity contribution in [3.05, 3.63) is 42.1 Å². The molecule has 3 atom stereocenters. The second kappa shape index (κ2) is 10.0. The van der Waals surface area contributed by atoms with Crippen LogP contribution in [0, 0.1) is 11.8 Å². The largest absolute Gasteiger partial charge is 0.497 e. The molecule has 0 saturated heterocycles. The number of benzene rings is 1. The Labute approximate surface area is 200 Å². The van der Waals surface area contributed by atoms with E-state index >= 15 is 0 Å². The van der Waals surface area contributed by atoms with Crippen molar-refractivity contribution >= 4 is 11.8 Å². The van der Waals surface area contributed by atoms with E-state index in [0.717, 1.165) is 29.7 Å². The van der Waals surface area contributed by atoms with E-state index in [0.29, 0.717) is 18.7 Å². The number of carbonyl (C=O) groups excluding carboxylic acids is 2. The lowest BCUT2D eigenvalue weighted by atomic mass is 9.99. The number of aromatic nitrogens is 1. The second-order valence-corrected chi connectivity index (χ2v) is 9.42. The molecule has 1 aliphatic carbocycles. The number of carbonyl (C=O) groups is 2. The number of likely N-dealkylation sites (N-methyl/N-ethyl adjacent to an activating group) is 1. The van der Waals surface area contributed by atoms with Gasteiger partial charge >= 0.3 is 0 Å². The zero-order valence-electron chi connectivity index (χ0n) is 20.2. The number of methoxy groups -OCH3 is 1. The van der Waals surface area contributed by atoms with Gasteiger partial charge in [-0.05, 0) is 43.5 Å². The molecular weight excluding hydrogens is 434 g/mol. The Kier molecular flexibility index (Phi) is 7.07. The quantitative estimate of drug-likeness (QED) is 0.673.